The Kier molecular flexibility index (Phi) is 4.31. The lowest BCUT2D eigenvalue weighted by Crippen LogP contribution is -2.38. The van der Waals surface area contributed by atoms with Crippen molar-refractivity contribution in [3.63, 3.8) is 0 Å². The van der Waals surface area contributed by atoms with E-state index in [9.17, 15) is 4.79 Å². The van der Waals surface area contributed by atoms with Crippen LogP contribution in [-0.2, 0) is 16.0 Å². The lowest BCUT2D eigenvalue weighted by atomic mass is 10.2. The number of hydrogen-bond donors (Lipinski definition) is 1. The van der Waals surface area contributed by atoms with Crippen LogP contribution >= 0.6 is 11.3 Å². The van der Waals surface area contributed by atoms with E-state index >= 15 is 0 Å². The first-order valence-electron chi connectivity index (χ1n) is 6.12. The van der Waals surface area contributed by atoms with Gasteiger partial charge in [0.2, 0.25) is 0 Å². The predicted octanol–water partition coefficient (Wildman–Crippen LogP) is 1.47. The van der Waals surface area contributed by atoms with Crippen molar-refractivity contribution in [2.75, 3.05) is 26.2 Å². The number of thiazole rings is 1. The zero-order valence-electron chi connectivity index (χ0n) is 10.7. The number of carbonyl (C=O) groups is 1. The van der Waals surface area contributed by atoms with Crippen LogP contribution in [0.5, 0.6) is 0 Å². The number of likely N-dealkylation sites (N-methyl/N-ethyl adjacent to an activating group) is 1. The maximum atomic E-state index is 10.7. The first-order chi connectivity index (χ1) is 8.60. The molecule has 1 aromatic heterocycles. The number of rotatable bonds is 4. The Morgan fingerprint density at radius 2 is 2.44 bits per heavy atom. The highest BCUT2D eigenvalue weighted by Gasteiger charge is 2.24. The summed E-state index contributed by atoms with van der Waals surface area (Å²) in [5.41, 5.74) is 0.814. The van der Waals surface area contributed by atoms with Gasteiger partial charge in [-0.1, -0.05) is 6.92 Å². The average molecular weight is 270 g/mol. The number of carboxylic acids is 1. The predicted molar refractivity (Wildman–Crippen MR) is 69.0 cm³/mol. The van der Waals surface area contributed by atoms with Crippen LogP contribution in [-0.4, -0.2) is 47.2 Å². The maximum Gasteiger partial charge on any atom is 0.308 e. The quantitative estimate of drug-likeness (QED) is 0.897. The molecule has 0 radical (unpaired) electrons. The Morgan fingerprint density at radius 3 is 3.11 bits per heavy atom. The summed E-state index contributed by atoms with van der Waals surface area (Å²) in [6, 6.07) is 0. The van der Waals surface area contributed by atoms with Crippen LogP contribution in [0.4, 0.5) is 0 Å². The summed E-state index contributed by atoms with van der Waals surface area (Å²) in [7, 11) is 0. The van der Waals surface area contributed by atoms with Gasteiger partial charge in [0.15, 0.2) is 0 Å². The topological polar surface area (TPSA) is 62.7 Å². The number of aliphatic carboxylic acids is 1. The monoisotopic (exact) mass is 270 g/mol. The molecule has 1 unspecified atom stereocenters. The van der Waals surface area contributed by atoms with Gasteiger partial charge in [0.05, 0.1) is 18.7 Å². The molecular formula is C12H18N2O3S. The summed E-state index contributed by atoms with van der Waals surface area (Å²) >= 11 is 1.46. The number of aromatic nitrogens is 1. The van der Waals surface area contributed by atoms with E-state index in [-0.39, 0.29) is 12.5 Å². The largest absolute Gasteiger partial charge is 0.481 e. The molecule has 0 aliphatic carbocycles. The van der Waals surface area contributed by atoms with Crippen LogP contribution in [0.25, 0.3) is 0 Å². The van der Waals surface area contributed by atoms with Crippen molar-refractivity contribution in [2.24, 2.45) is 0 Å². The third-order valence-electron chi connectivity index (χ3n) is 3.09. The molecule has 1 N–H and O–H groups in total. The molecule has 6 heteroatoms. The number of nitrogens with zero attached hydrogens (tertiary/aromatic N) is 2. The van der Waals surface area contributed by atoms with Gasteiger partial charge in [-0.05, 0) is 13.5 Å². The van der Waals surface area contributed by atoms with Crippen LogP contribution in [0, 0.1) is 6.92 Å². The first kappa shape index (κ1) is 13.5. The van der Waals surface area contributed by atoms with Crippen LogP contribution in [0.1, 0.15) is 28.6 Å². The Balaban J connectivity index is 2.10. The second kappa shape index (κ2) is 5.77. The molecule has 0 spiro atoms. The third-order valence-corrected chi connectivity index (χ3v) is 4.34. The molecule has 0 aromatic carbocycles. The van der Waals surface area contributed by atoms with Crippen LogP contribution in [0.3, 0.4) is 0 Å². The summed E-state index contributed by atoms with van der Waals surface area (Å²) in [5.74, 6) is -0.812. The molecule has 0 bridgehead atoms. The van der Waals surface area contributed by atoms with Gasteiger partial charge in [-0.15, -0.1) is 11.3 Å². The second-order valence-corrected chi connectivity index (χ2v) is 5.50. The minimum absolute atomic E-state index is 0.00931. The van der Waals surface area contributed by atoms with E-state index in [1.807, 2.05) is 6.92 Å². The van der Waals surface area contributed by atoms with Crippen molar-refractivity contribution in [1.82, 2.24) is 9.88 Å². The SMILES string of the molecule is CCN1CCOC(c2nc(C)c(CC(=O)O)s2)C1. The molecule has 1 atom stereocenters. The van der Waals surface area contributed by atoms with E-state index in [0.717, 1.165) is 35.2 Å². The molecule has 2 heterocycles. The molecule has 0 amide bonds. The van der Waals surface area contributed by atoms with Gasteiger partial charge in [0.1, 0.15) is 11.1 Å². The fourth-order valence-electron chi connectivity index (χ4n) is 2.03. The molecule has 5 nitrogen and oxygen atoms in total. The zero-order valence-corrected chi connectivity index (χ0v) is 11.5. The van der Waals surface area contributed by atoms with E-state index in [1.54, 1.807) is 0 Å². The molecule has 1 aliphatic heterocycles. The molecular weight excluding hydrogens is 252 g/mol. The standard InChI is InChI=1S/C12H18N2O3S/c1-3-14-4-5-17-9(7-14)12-13-8(2)10(18-12)6-11(15)16/h9H,3-7H2,1-2H3,(H,15,16). The summed E-state index contributed by atoms with van der Waals surface area (Å²) in [6.45, 7) is 7.51. The summed E-state index contributed by atoms with van der Waals surface area (Å²) in [4.78, 5) is 18.4. The molecule has 18 heavy (non-hydrogen) atoms. The number of carboxylic acid groups (broad SMARTS) is 1. The summed E-state index contributed by atoms with van der Waals surface area (Å²) < 4.78 is 5.73. The van der Waals surface area contributed by atoms with Crippen molar-refractivity contribution in [2.45, 2.75) is 26.4 Å². The third kappa shape index (κ3) is 3.07. The highest BCUT2D eigenvalue weighted by atomic mass is 32.1. The minimum atomic E-state index is -0.812. The molecule has 100 valence electrons. The van der Waals surface area contributed by atoms with Crippen LogP contribution < -0.4 is 0 Å². The molecule has 1 aromatic rings. The van der Waals surface area contributed by atoms with Crippen LogP contribution in [0.2, 0.25) is 0 Å². The average Bonchev–Trinajstić information content (AvgIpc) is 2.70. The zero-order chi connectivity index (χ0) is 13.1. The first-order valence-corrected chi connectivity index (χ1v) is 6.93. The van der Waals surface area contributed by atoms with Gasteiger partial charge in [-0.3, -0.25) is 9.69 Å². The van der Waals surface area contributed by atoms with Gasteiger partial charge in [0.25, 0.3) is 0 Å². The minimum Gasteiger partial charge on any atom is -0.481 e. The fourth-order valence-corrected chi connectivity index (χ4v) is 3.13. The van der Waals surface area contributed by atoms with E-state index in [4.69, 9.17) is 9.84 Å². The van der Waals surface area contributed by atoms with Gasteiger partial charge < -0.3 is 9.84 Å². The molecule has 1 fully saturated rings. The maximum absolute atomic E-state index is 10.7. The Hall–Kier alpha value is -0.980. The van der Waals surface area contributed by atoms with Crippen molar-refractivity contribution in [3.8, 4) is 0 Å². The number of hydrogen-bond acceptors (Lipinski definition) is 5. The van der Waals surface area contributed by atoms with E-state index < -0.39 is 5.97 Å². The number of ether oxygens (including phenoxy) is 1. The van der Waals surface area contributed by atoms with Crippen molar-refractivity contribution < 1.29 is 14.6 Å². The lowest BCUT2D eigenvalue weighted by Gasteiger charge is -2.30. The van der Waals surface area contributed by atoms with E-state index in [2.05, 4.69) is 16.8 Å². The summed E-state index contributed by atoms with van der Waals surface area (Å²) in [6.07, 6.45) is 0.0400. The van der Waals surface area contributed by atoms with Gasteiger partial charge in [0, 0.05) is 18.0 Å². The van der Waals surface area contributed by atoms with Crippen molar-refractivity contribution in [3.05, 3.63) is 15.6 Å². The highest BCUT2D eigenvalue weighted by Crippen LogP contribution is 2.28. The Morgan fingerprint density at radius 1 is 1.67 bits per heavy atom. The number of aryl methyl sites for hydroxylation is 1. The van der Waals surface area contributed by atoms with Gasteiger partial charge >= 0.3 is 5.97 Å². The molecule has 1 saturated heterocycles. The molecule has 0 saturated carbocycles. The lowest BCUT2D eigenvalue weighted by molar-refractivity contribution is -0.136. The normalized spacial score (nSPS) is 21.1. The molecule has 2 rings (SSSR count). The second-order valence-electron chi connectivity index (χ2n) is 4.38. The number of morpholine rings is 1. The van der Waals surface area contributed by atoms with Gasteiger partial charge in [-0.25, -0.2) is 4.98 Å². The fraction of sp³-hybridized carbons (Fsp3) is 0.667. The van der Waals surface area contributed by atoms with E-state index in [0.29, 0.717) is 6.61 Å². The van der Waals surface area contributed by atoms with E-state index in [1.165, 1.54) is 11.3 Å². The van der Waals surface area contributed by atoms with Crippen molar-refractivity contribution in [1.29, 1.82) is 0 Å². The molecule has 1 aliphatic rings. The summed E-state index contributed by atoms with van der Waals surface area (Å²) in [5, 5.41) is 9.74. The van der Waals surface area contributed by atoms with Crippen LogP contribution in [0.15, 0.2) is 0 Å². The smallest absolute Gasteiger partial charge is 0.308 e. The van der Waals surface area contributed by atoms with Gasteiger partial charge in [-0.2, -0.15) is 0 Å². The van der Waals surface area contributed by atoms with Crippen molar-refractivity contribution >= 4 is 17.3 Å². The highest BCUT2D eigenvalue weighted by molar-refractivity contribution is 7.11. The Bertz CT molecular complexity index is 433. The Labute approximate surface area is 110 Å².